The van der Waals surface area contributed by atoms with E-state index in [4.69, 9.17) is 11.6 Å². The second-order valence-electron chi connectivity index (χ2n) is 6.13. The molecular weight excluding hydrogens is 401 g/mol. The van der Waals surface area contributed by atoms with Gasteiger partial charge in [-0.25, -0.2) is 9.78 Å². The van der Waals surface area contributed by atoms with Crippen LogP contribution in [-0.4, -0.2) is 69.2 Å². The van der Waals surface area contributed by atoms with Crippen LogP contribution >= 0.6 is 11.6 Å². The molecule has 28 heavy (non-hydrogen) atoms. The van der Waals surface area contributed by atoms with Crippen LogP contribution in [0.25, 0.3) is 0 Å². The Morgan fingerprint density at radius 2 is 1.89 bits per heavy atom. The first kappa shape index (κ1) is 20.1. The molecule has 1 aliphatic rings. The van der Waals surface area contributed by atoms with E-state index in [1.165, 1.54) is 12.7 Å². The van der Waals surface area contributed by atoms with Crippen LogP contribution in [0, 0.1) is 0 Å². The summed E-state index contributed by atoms with van der Waals surface area (Å²) in [6, 6.07) is 2.43. The topological polar surface area (TPSA) is 83.4 Å². The Morgan fingerprint density at radius 1 is 1.18 bits per heavy atom. The van der Waals surface area contributed by atoms with Gasteiger partial charge in [0.15, 0.2) is 0 Å². The van der Waals surface area contributed by atoms with Crippen LogP contribution in [-0.2, 0) is 11.0 Å². The zero-order valence-electron chi connectivity index (χ0n) is 14.5. The first-order valence-electron chi connectivity index (χ1n) is 8.27. The highest BCUT2D eigenvalue weighted by molar-refractivity contribution is 6.33. The summed E-state index contributed by atoms with van der Waals surface area (Å²) in [6.07, 6.45) is -1.96. The minimum atomic E-state index is -4.53. The Kier molecular flexibility index (Phi) is 5.84. The number of aromatic nitrogens is 3. The van der Waals surface area contributed by atoms with Gasteiger partial charge in [0.1, 0.15) is 12.7 Å². The Balaban J connectivity index is 1.53. The summed E-state index contributed by atoms with van der Waals surface area (Å²) < 4.78 is 39.5. The third kappa shape index (κ3) is 4.78. The number of halogens is 4. The van der Waals surface area contributed by atoms with Crippen molar-refractivity contribution >= 4 is 29.2 Å². The molecule has 1 N–H and O–H groups in total. The average Bonchev–Trinajstić information content (AvgIpc) is 3.17. The van der Waals surface area contributed by atoms with Gasteiger partial charge in [0.05, 0.1) is 22.8 Å². The van der Waals surface area contributed by atoms with Crippen molar-refractivity contribution in [2.75, 3.05) is 38.0 Å². The maximum Gasteiger partial charge on any atom is 0.416 e. The highest BCUT2D eigenvalue weighted by Gasteiger charge is 2.31. The normalized spacial score (nSPS) is 15.5. The summed E-state index contributed by atoms with van der Waals surface area (Å²) in [5.41, 5.74) is -0.992. The molecule has 2 heterocycles. The van der Waals surface area contributed by atoms with E-state index in [-0.39, 0.29) is 23.3 Å². The number of alkyl halides is 3. The van der Waals surface area contributed by atoms with Crippen LogP contribution < -0.4 is 5.32 Å². The number of amides is 2. The molecule has 2 aromatic rings. The number of hydrogen-bond donors (Lipinski definition) is 1. The van der Waals surface area contributed by atoms with Crippen LogP contribution in [0.1, 0.15) is 5.56 Å². The van der Waals surface area contributed by atoms with Crippen LogP contribution in [0.3, 0.4) is 0 Å². The molecule has 0 spiro atoms. The van der Waals surface area contributed by atoms with E-state index < -0.39 is 17.6 Å². The number of piperazine rings is 1. The van der Waals surface area contributed by atoms with E-state index in [9.17, 15) is 22.8 Å². The maximum atomic E-state index is 12.8. The van der Waals surface area contributed by atoms with Gasteiger partial charge >= 0.3 is 12.2 Å². The monoisotopic (exact) mass is 416 g/mol. The van der Waals surface area contributed by atoms with E-state index >= 15 is 0 Å². The van der Waals surface area contributed by atoms with Crippen molar-refractivity contribution in [1.82, 2.24) is 24.6 Å². The first-order chi connectivity index (χ1) is 13.2. The second kappa shape index (κ2) is 8.15. The van der Waals surface area contributed by atoms with Gasteiger partial charge in [0.25, 0.3) is 0 Å². The highest BCUT2D eigenvalue weighted by Crippen LogP contribution is 2.33. The molecule has 8 nitrogen and oxygen atoms in total. The lowest BCUT2D eigenvalue weighted by Crippen LogP contribution is -2.51. The number of carbonyl (C=O) groups excluding carboxylic acids is 2. The van der Waals surface area contributed by atoms with E-state index in [0.717, 1.165) is 22.9 Å². The number of nitrogens with one attached hydrogen (secondary N) is 1. The van der Waals surface area contributed by atoms with Gasteiger partial charge in [0, 0.05) is 26.2 Å². The Bertz CT molecular complexity index is 851. The van der Waals surface area contributed by atoms with Gasteiger partial charge in [-0.15, -0.1) is 0 Å². The predicted molar refractivity (Wildman–Crippen MR) is 93.9 cm³/mol. The minimum absolute atomic E-state index is 0.0181. The molecule has 2 amide bonds. The minimum Gasteiger partial charge on any atom is -0.324 e. The SMILES string of the molecule is O=C(CN1CCN(C(=O)n2cncn2)CC1)Nc1cc(C(F)(F)F)ccc1Cl. The van der Waals surface area contributed by atoms with Gasteiger partial charge in [-0.2, -0.15) is 23.0 Å². The fourth-order valence-electron chi connectivity index (χ4n) is 2.74. The Hall–Kier alpha value is -2.66. The molecule has 150 valence electrons. The maximum absolute atomic E-state index is 12.8. The zero-order valence-corrected chi connectivity index (χ0v) is 15.2. The summed E-state index contributed by atoms with van der Waals surface area (Å²) in [5.74, 6) is -0.489. The molecule has 0 saturated carbocycles. The number of nitrogens with zero attached hydrogens (tertiary/aromatic N) is 5. The number of benzene rings is 1. The standard InChI is InChI=1S/C16H16ClF3N6O2/c17-12-2-1-11(16(18,19)20)7-13(12)23-14(27)8-24-3-5-25(6-4-24)15(28)26-10-21-9-22-26/h1-2,7,9-10H,3-6,8H2,(H,23,27). The van der Waals surface area contributed by atoms with Gasteiger partial charge in [-0.1, -0.05) is 11.6 Å². The van der Waals surface area contributed by atoms with Crippen LogP contribution in [0.15, 0.2) is 30.9 Å². The summed E-state index contributed by atoms with van der Waals surface area (Å²) in [6.45, 7) is 1.61. The van der Waals surface area contributed by atoms with Crippen molar-refractivity contribution < 1.29 is 22.8 Å². The van der Waals surface area contributed by atoms with Gasteiger partial charge in [0.2, 0.25) is 5.91 Å². The summed E-state index contributed by atoms with van der Waals surface area (Å²) >= 11 is 5.88. The summed E-state index contributed by atoms with van der Waals surface area (Å²) in [5, 5.41) is 6.21. The number of hydrogen-bond acceptors (Lipinski definition) is 5. The molecule has 0 aliphatic carbocycles. The van der Waals surface area contributed by atoms with Crippen molar-refractivity contribution in [3.05, 3.63) is 41.4 Å². The molecule has 0 radical (unpaired) electrons. The predicted octanol–water partition coefficient (Wildman–Crippen LogP) is 2.17. The number of rotatable bonds is 3. The van der Waals surface area contributed by atoms with Gasteiger partial charge < -0.3 is 10.2 Å². The smallest absolute Gasteiger partial charge is 0.324 e. The fourth-order valence-corrected chi connectivity index (χ4v) is 2.90. The van der Waals surface area contributed by atoms with E-state index in [1.54, 1.807) is 9.80 Å². The average molecular weight is 417 g/mol. The van der Waals surface area contributed by atoms with E-state index in [0.29, 0.717) is 26.2 Å². The third-order valence-electron chi connectivity index (χ3n) is 4.19. The molecule has 3 rings (SSSR count). The molecule has 0 unspecified atom stereocenters. The summed E-state index contributed by atoms with van der Waals surface area (Å²) in [7, 11) is 0. The van der Waals surface area contributed by atoms with Crippen molar-refractivity contribution in [1.29, 1.82) is 0 Å². The zero-order chi connectivity index (χ0) is 20.3. The highest BCUT2D eigenvalue weighted by atomic mass is 35.5. The van der Waals surface area contributed by atoms with Crippen molar-refractivity contribution in [2.45, 2.75) is 6.18 Å². The molecule has 12 heteroatoms. The Labute approximate surface area is 162 Å². The lowest BCUT2D eigenvalue weighted by atomic mass is 10.2. The lowest BCUT2D eigenvalue weighted by Gasteiger charge is -2.33. The molecule has 1 aliphatic heterocycles. The van der Waals surface area contributed by atoms with E-state index in [2.05, 4.69) is 15.4 Å². The summed E-state index contributed by atoms with van der Waals surface area (Å²) in [4.78, 5) is 31.5. The van der Waals surface area contributed by atoms with Gasteiger partial charge in [-0.05, 0) is 18.2 Å². The van der Waals surface area contributed by atoms with Crippen LogP contribution in [0.5, 0.6) is 0 Å². The Morgan fingerprint density at radius 3 is 2.50 bits per heavy atom. The van der Waals surface area contributed by atoms with Crippen molar-refractivity contribution in [3.63, 3.8) is 0 Å². The molecule has 1 aromatic carbocycles. The van der Waals surface area contributed by atoms with E-state index in [1.807, 2.05) is 0 Å². The molecule has 0 bridgehead atoms. The lowest BCUT2D eigenvalue weighted by molar-refractivity contribution is -0.137. The number of carbonyl (C=O) groups is 2. The molecule has 1 saturated heterocycles. The van der Waals surface area contributed by atoms with Crippen molar-refractivity contribution in [3.8, 4) is 0 Å². The molecule has 0 atom stereocenters. The third-order valence-corrected chi connectivity index (χ3v) is 4.52. The van der Waals surface area contributed by atoms with Gasteiger partial charge in [-0.3, -0.25) is 9.69 Å². The van der Waals surface area contributed by atoms with Crippen LogP contribution in [0.4, 0.5) is 23.7 Å². The van der Waals surface area contributed by atoms with Crippen molar-refractivity contribution in [2.24, 2.45) is 0 Å². The quantitative estimate of drug-likeness (QED) is 0.829. The molecular formula is C16H16ClF3N6O2. The number of anilines is 1. The van der Waals surface area contributed by atoms with Crippen LogP contribution in [0.2, 0.25) is 5.02 Å². The fraction of sp³-hybridized carbons (Fsp3) is 0.375. The molecule has 1 aromatic heterocycles. The largest absolute Gasteiger partial charge is 0.416 e. The molecule has 1 fully saturated rings. The first-order valence-corrected chi connectivity index (χ1v) is 8.64. The second-order valence-corrected chi connectivity index (χ2v) is 6.53.